The highest BCUT2D eigenvalue weighted by atomic mass is 14.6. The maximum Gasteiger partial charge on any atom is 0.0270 e. The van der Waals surface area contributed by atoms with Crippen LogP contribution in [0.4, 0.5) is 0 Å². The van der Waals surface area contributed by atoms with E-state index in [2.05, 4.69) is 51.4 Å². The molecule has 0 aliphatic carbocycles. The van der Waals surface area contributed by atoms with Gasteiger partial charge in [0.25, 0.3) is 0 Å². The van der Waals surface area contributed by atoms with Gasteiger partial charge in [0.1, 0.15) is 0 Å². The molecule has 0 aliphatic heterocycles. The topological polar surface area (TPSA) is 38.7 Å². The Morgan fingerprint density at radius 1 is 0.565 bits per heavy atom. The number of pyridine rings is 3. The normalized spacial score (nSPS) is 10.8. The molecule has 3 aromatic heterocycles. The van der Waals surface area contributed by atoms with Crippen LogP contribution in [0.2, 0.25) is 0 Å². The fraction of sp³-hybridized carbons (Fsp3) is 0.250. The monoisotopic (exact) mass is 303 g/mol. The molecule has 0 bridgehead atoms. The van der Waals surface area contributed by atoms with Crippen LogP contribution in [0.5, 0.6) is 0 Å². The second kappa shape index (κ2) is 8.18. The highest BCUT2D eigenvalue weighted by molar-refractivity contribution is 5.19. The fourth-order valence-electron chi connectivity index (χ4n) is 2.89. The molecule has 23 heavy (non-hydrogen) atoms. The van der Waals surface area contributed by atoms with Crippen LogP contribution in [-0.4, -0.2) is 15.0 Å². The molecular formula is C20H21N3. The summed E-state index contributed by atoms with van der Waals surface area (Å²) in [5.41, 5.74) is 4.08. The van der Waals surface area contributed by atoms with Crippen LogP contribution >= 0.6 is 0 Å². The van der Waals surface area contributed by atoms with Gasteiger partial charge in [0.2, 0.25) is 0 Å². The summed E-state index contributed by atoms with van der Waals surface area (Å²) in [4.78, 5) is 12.3. The van der Waals surface area contributed by atoms with Crippen LogP contribution in [0, 0.1) is 0 Å². The first-order valence-electron chi connectivity index (χ1n) is 8.09. The van der Waals surface area contributed by atoms with Crippen LogP contribution in [0.1, 0.15) is 35.4 Å². The number of hydrogen-bond acceptors (Lipinski definition) is 3. The van der Waals surface area contributed by atoms with Gasteiger partial charge in [-0.1, -0.05) is 0 Å². The number of nitrogens with zero attached hydrogens (tertiary/aromatic N) is 3. The molecule has 3 heterocycles. The fourth-order valence-corrected chi connectivity index (χ4v) is 2.89. The first-order chi connectivity index (χ1) is 11.4. The lowest BCUT2D eigenvalue weighted by Gasteiger charge is -2.17. The first-order valence-corrected chi connectivity index (χ1v) is 8.09. The quantitative estimate of drug-likeness (QED) is 0.656. The third kappa shape index (κ3) is 4.71. The molecule has 3 rings (SSSR count). The number of rotatable bonds is 7. The average Bonchev–Trinajstić information content (AvgIpc) is 2.64. The van der Waals surface area contributed by atoms with Crippen molar-refractivity contribution in [3.63, 3.8) is 0 Å². The lowest BCUT2D eigenvalue weighted by atomic mass is 9.88. The highest BCUT2D eigenvalue weighted by Gasteiger charge is 2.12. The van der Waals surface area contributed by atoms with Gasteiger partial charge in [0.05, 0.1) is 0 Å². The smallest absolute Gasteiger partial charge is 0.0270 e. The van der Waals surface area contributed by atoms with Crippen LogP contribution in [0.25, 0.3) is 0 Å². The Bertz CT molecular complexity index is 640. The maximum atomic E-state index is 4.15. The van der Waals surface area contributed by atoms with E-state index in [1.54, 1.807) is 0 Å². The van der Waals surface area contributed by atoms with E-state index in [0.717, 1.165) is 25.7 Å². The minimum Gasteiger partial charge on any atom is -0.265 e. The van der Waals surface area contributed by atoms with Crippen molar-refractivity contribution in [3.05, 3.63) is 90.3 Å². The summed E-state index contributed by atoms with van der Waals surface area (Å²) < 4.78 is 0. The van der Waals surface area contributed by atoms with Gasteiger partial charge in [-0.15, -0.1) is 0 Å². The van der Waals surface area contributed by atoms with Crippen molar-refractivity contribution in [3.8, 4) is 0 Å². The molecule has 0 unspecified atom stereocenters. The summed E-state index contributed by atoms with van der Waals surface area (Å²) in [6.45, 7) is 0. The van der Waals surface area contributed by atoms with Gasteiger partial charge in [0.15, 0.2) is 0 Å². The minimum absolute atomic E-state index is 0.541. The van der Waals surface area contributed by atoms with Gasteiger partial charge < -0.3 is 0 Å². The maximum absolute atomic E-state index is 4.15. The Morgan fingerprint density at radius 2 is 0.957 bits per heavy atom. The van der Waals surface area contributed by atoms with Crippen LogP contribution in [0.3, 0.4) is 0 Å². The van der Waals surface area contributed by atoms with Crippen LogP contribution in [-0.2, 0) is 12.8 Å². The third-order valence-corrected chi connectivity index (χ3v) is 4.24. The summed E-state index contributed by atoms with van der Waals surface area (Å²) in [6.07, 6.45) is 15.7. The molecule has 0 saturated heterocycles. The summed E-state index contributed by atoms with van der Waals surface area (Å²) in [7, 11) is 0. The zero-order valence-electron chi connectivity index (χ0n) is 13.2. The van der Waals surface area contributed by atoms with Crippen LogP contribution in [0.15, 0.2) is 73.6 Å². The predicted octanol–water partition coefficient (Wildman–Crippen LogP) is 4.22. The lowest BCUT2D eigenvalue weighted by molar-refractivity contribution is 0.576. The van der Waals surface area contributed by atoms with Gasteiger partial charge in [0, 0.05) is 37.2 Å². The van der Waals surface area contributed by atoms with E-state index in [1.165, 1.54) is 16.7 Å². The third-order valence-electron chi connectivity index (χ3n) is 4.24. The molecule has 116 valence electrons. The molecule has 3 nitrogen and oxygen atoms in total. The summed E-state index contributed by atoms with van der Waals surface area (Å²) in [6, 6.07) is 12.7. The van der Waals surface area contributed by atoms with Gasteiger partial charge in [-0.05, 0) is 84.7 Å². The molecule has 0 spiro atoms. The zero-order chi connectivity index (χ0) is 15.7. The first kappa shape index (κ1) is 15.3. The number of hydrogen-bond donors (Lipinski definition) is 0. The molecule has 0 amide bonds. The molecular weight excluding hydrogens is 282 g/mol. The standard InChI is InChI=1S/C20H21N3/c1(17-5-11-21-12-6-17)3-19(20-9-15-23-16-10-20)4-2-18-7-13-22-14-8-18/h5-16,19H,1-4H2. The van der Waals surface area contributed by atoms with E-state index in [-0.39, 0.29) is 0 Å². The molecule has 0 aliphatic rings. The van der Waals surface area contributed by atoms with E-state index in [0.29, 0.717) is 5.92 Å². The molecule has 3 heteroatoms. The Morgan fingerprint density at radius 3 is 1.39 bits per heavy atom. The molecule has 0 N–H and O–H groups in total. The summed E-state index contributed by atoms with van der Waals surface area (Å²) in [5.74, 6) is 0.541. The SMILES string of the molecule is c1cc(CCC(CCc2ccncc2)c2ccncc2)ccn1. The molecule has 0 radical (unpaired) electrons. The van der Waals surface area contributed by atoms with Crippen molar-refractivity contribution in [2.45, 2.75) is 31.6 Å². The van der Waals surface area contributed by atoms with Crippen LogP contribution < -0.4 is 0 Å². The zero-order valence-corrected chi connectivity index (χ0v) is 13.2. The Labute approximate surface area is 137 Å². The molecule has 0 fully saturated rings. The van der Waals surface area contributed by atoms with Crippen molar-refractivity contribution in [2.75, 3.05) is 0 Å². The minimum atomic E-state index is 0.541. The molecule has 0 atom stereocenters. The van der Waals surface area contributed by atoms with Crippen molar-refractivity contribution < 1.29 is 0 Å². The Balaban J connectivity index is 1.66. The molecule has 3 aromatic rings. The van der Waals surface area contributed by atoms with E-state index >= 15 is 0 Å². The summed E-state index contributed by atoms with van der Waals surface area (Å²) >= 11 is 0. The molecule has 0 aromatic carbocycles. The second-order valence-corrected chi connectivity index (χ2v) is 5.77. The Hall–Kier alpha value is -2.55. The largest absolute Gasteiger partial charge is 0.265 e. The Kier molecular flexibility index (Phi) is 5.46. The van der Waals surface area contributed by atoms with E-state index in [9.17, 15) is 0 Å². The van der Waals surface area contributed by atoms with Crippen molar-refractivity contribution in [1.29, 1.82) is 0 Å². The van der Waals surface area contributed by atoms with Crippen molar-refractivity contribution in [2.24, 2.45) is 0 Å². The van der Waals surface area contributed by atoms with Gasteiger partial charge in [-0.25, -0.2) is 0 Å². The van der Waals surface area contributed by atoms with Gasteiger partial charge in [-0.2, -0.15) is 0 Å². The van der Waals surface area contributed by atoms with Gasteiger partial charge >= 0.3 is 0 Å². The van der Waals surface area contributed by atoms with Crippen molar-refractivity contribution in [1.82, 2.24) is 15.0 Å². The predicted molar refractivity (Wildman–Crippen MR) is 92.1 cm³/mol. The number of aromatic nitrogens is 3. The van der Waals surface area contributed by atoms with Gasteiger partial charge in [-0.3, -0.25) is 15.0 Å². The van der Waals surface area contributed by atoms with E-state index in [4.69, 9.17) is 0 Å². The lowest BCUT2D eigenvalue weighted by Crippen LogP contribution is -2.03. The van der Waals surface area contributed by atoms with E-state index < -0.39 is 0 Å². The number of aryl methyl sites for hydroxylation is 2. The average molecular weight is 303 g/mol. The molecule has 0 saturated carbocycles. The van der Waals surface area contributed by atoms with Crippen molar-refractivity contribution >= 4 is 0 Å². The van der Waals surface area contributed by atoms with E-state index in [1.807, 2.05) is 37.2 Å². The second-order valence-electron chi connectivity index (χ2n) is 5.77. The highest BCUT2D eigenvalue weighted by Crippen LogP contribution is 2.26. The summed E-state index contributed by atoms with van der Waals surface area (Å²) in [5, 5.41) is 0.